The molecule has 0 rings (SSSR count). The maximum absolute atomic E-state index is 2.55. The summed E-state index contributed by atoms with van der Waals surface area (Å²) in [7, 11) is 0. The average Bonchev–Trinajstić information content (AvgIpc) is 2.13. The Bertz CT molecular complexity index is 107. The number of rotatable bonds is 9. The van der Waals surface area contributed by atoms with E-state index in [0.29, 0.717) is 0 Å². The molecular formula is C14H29. The van der Waals surface area contributed by atoms with Crippen LogP contribution in [0.2, 0.25) is 0 Å². The summed E-state index contributed by atoms with van der Waals surface area (Å²) in [5, 5.41) is 0. The third-order valence-corrected chi connectivity index (χ3v) is 2.91. The highest BCUT2D eigenvalue weighted by molar-refractivity contribution is 4.78. The zero-order valence-corrected chi connectivity index (χ0v) is 10.7. The van der Waals surface area contributed by atoms with Crippen molar-refractivity contribution in [3.05, 3.63) is 6.42 Å². The second-order valence-electron chi connectivity index (χ2n) is 4.79. The summed E-state index contributed by atoms with van der Waals surface area (Å²) in [6.45, 7) is 9.28. The van der Waals surface area contributed by atoms with Crippen LogP contribution in [0.1, 0.15) is 72.6 Å². The molecule has 0 saturated heterocycles. The highest BCUT2D eigenvalue weighted by Gasteiger charge is 2.07. The highest BCUT2D eigenvalue weighted by Crippen LogP contribution is 2.20. The third-order valence-electron chi connectivity index (χ3n) is 2.91. The molecular weight excluding hydrogens is 168 g/mol. The molecule has 0 aromatic carbocycles. The van der Waals surface area contributed by atoms with Gasteiger partial charge in [-0.1, -0.05) is 72.6 Å². The Balaban J connectivity index is 3.30. The van der Waals surface area contributed by atoms with Gasteiger partial charge in [-0.2, -0.15) is 0 Å². The summed E-state index contributed by atoms with van der Waals surface area (Å²) in [4.78, 5) is 0. The van der Waals surface area contributed by atoms with Gasteiger partial charge in [-0.3, -0.25) is 0 Å². The lowest BCUT2D eigenvalue weighted by Gasteiger charge is -2.15. The Morgan fingerprint density at radius 3 is 2.00 bits per heavy atom. The molecule has 0 heterocycles. The summed E-state index contributed by atoms with van der Waals surface area (Å²) in [5.74, 6) is 1.65. The van der Waals surface area contributed by atoms with E-state index in [0.717, 1.165) is 11.8 Å². The molecule has 0 aromatic heterocycles. The number of unbranched alkanes of at least 4 members (excludes halogenated alkanes) is 3. The summed E-state index contributed by atoms with van der Waals surface area (Å²) in [5.41, 5.74) is 0. The fourth-order valence-corrected chi connectivity index (χ4v) is 2.10. The predicted octanol–water partition coefficient (Wildman–Crippen LogP) is 5.23. The second-order valence-corrected chi connectivity index (χ2v) is 4.79. The van der Waals surface area contributed by atoms with Gasteiger partial charge < -0.3 is 0 Å². The Morgan fingerprint density at radius 1 is 0.786 bits per heavy atom. The van der Waals surface area contributed by atoms with Crippen molar-refractivity contribution in [2.24, 2.45) is 11.8 Å². The predicted molar refractivity (Wildman–Crippen MR) is 66.3 cm³/mol. The SMILES string of the molecule is CCCCCCC(C)[CH]C(C)CCC. The van der Waals surface area contributed by atoms with Gasteiger partial charge in [-0.05, 0) is 18.3 Å². The zero-order valence-electron chi connectivity index (χ0n) is 10.7. The molecule has 0 aliphatic heterocycles. The van der Waals surface area contributed by atoms with Gasteiger partial charge >= 0.3 is 0 Å². The Labute approximate surface area is 91.5 Å². The third kappa shape index (κ3) is 8.59. The monoisotopic (exact) mass is 197 g/mol. The van der Waals surface area contributed by atoms with Crippen LogP contribution in [0.25, 0.3) is 0 Å². The minimum absolute atomic E-state index is 0.821. The Morgan fingerprint density at radius 2 is 1.43 bits per heavy atom. The van der Waals surface area contributed by atoms with Gasteiger partial charge in [-0.25, -0.2) is 0 Å². The first-order valence-corrected chi connectivity index (χ1v) is 6.55. The largest absolute Gasteiger partial charge is 0.0654 e. The normalized spacial score (nSPS) is 15.4. The lowest BCUT2D eigenvalue weighted by Crippen LogP contribution is -2.04. The molecule has 0 aliphatic carbocycles. The quantitative estimate of drug-likeness (QED) is 0.444. The van der Waals surface area contributed by atoms with E-state index in [1.165, 1.54) is 44.9 Å². The molecule has 0 fully saturated rings. The minimum Gasteiger partial charge on any atom is -0.0654 e. The Kier molecular flexibility index (Phi) is 9.55. The molecule has 2 atom stereocenters. The van der Waals surface area contributed by atoms with Gasteiger partial charge in [0.05, 0.1) is 0 Å². The van der Waals surface area contributed by atoms with E-state index in [9.17, 15) is 0 Å². The maximum atomic E-state index is 2.55. The van der Waals surface area contributed by atoms with Gasteiger partial charge in [-0.15, -0.1) is 0 Å². The topological polar surface area (TPSA) is 0 Å². The van der Waals surface area contributed by atoms with Crippen molar-refractivity contribution in [2.45, 2.75) is 72.6 Å². The number of hydrogen-bond acceptors (Lipinski definition) is 0. The summed E-state index contributed by atoms with van der Waals surface area (Å²) >= 11 is 0. The average molecular weight is 197 g/mol. The highest BCUT2D eigenvalue weighted by atomic mass is 14.1. The number of hydrogen-bond donors (Lipinski definition) is 0. The van der Waals surface area contributed by atoms with E-state index in [1.807, 2.05) is 0 Å². The summed E-state index contributed by atoms with van der Waals surface area (Å²) in [6, 6.07) is 0. The minimum atomic E-state index is 0.821. The zero-order chi connectivity index (χ0) is 10.8. The van der Waals surface area contributed by atoms with E-state index in [1.54, 1.807) is 0 Å². The van der Waals surface area contributed by atoms with Crippen molar-refractivity contribution in [2.75, 3.05) is 0 Å². The van der Waals surface area contributed by atoms with Crippen molar-refractivity contribution in [3.8, 4) is 0 Å². The van der Waals surface area contributed by atoms with Crippen LogP contribution in [0.15, 0.2) is 0 Å². The molecule has 0 bridgehead atoms. The van der Waals surface area contributed by atoms with E-state index in [2.05, 4.69) is 34.1 Å². The first-order valence-electron chi connectivity index (χ1n) is 6.55. The van der Waals surface area contributed by atoms with Gasteiger partial charge in [0.25, 0.3) is 0 Å². The molecule has 0 amide bonds. The Hall–Kier alpha value is 0. The smallest absolute Gasteiger partial charge is 0.0329 e. The van der Waals surface area contributed by atoms with Crippen LogP contribution in [0.3, 0.4) is 0 Å². The van der Waals surface area contributed by atoms with Crippen LogP contribution in [0.5, 0.6) is 0 Å². The fourth-order valence-electron chi connectivity index (χ4n) is 2.10. The lowest BCUT2D eigenvalue weighted by atomic mass is 9.90. The van der Waals surface area contributed by atoms with Gasteiger partial charge in [0, 0.05) is 0 Å². The van der Waals surface area contributed by atoms with Crippen molar-refractivity contribution in [1.29, 1.82) is 0 Å². The van der Waals surface area contributed by atoms with Crippen molar-refractivity contribution >= 4 is 0 Å². The molecule has 14 heavy (non-hydrogen) atoms. The molecule has 0 aromatic rings. The van der Waals surface area contributed by atoms with Crippen LogP contribution in [0.4, 0.5) is 0 Å². The van der Waals surface area contributed by atoms with Crippen LogP contribution in [-0.2, 0) is 0 Å². The molecule has 2 unspecified atom stereocenters. The van der Waals surface area contributed by atoms with Crippen molar-refractivity contribution in [3.63, 3.8) is 0 Å². The molecule has 0 aliphatic rings. The standard InChI is InChI=1S/C14H29/c1-5-7-8-9-11-14(4)12-13(3)10-6-2/h12-14H,5-11H2,1-4H3. The fraction of sp³-hybridized carbons (Fsp3) is 0.929. The van der Waals surface area contributed by atoms with E-state index in [4.69, 9.17) is 0 Å². The molecule has 0 saturated carbocycles. The first-order chi connectivity index (χ1) is 6.70. The maximum Gasteiger partial charge on any atom is -0.0329 e. The van der Waals surface area contributed by atoms with Gasteiger partial charge in [0.2, 0.25) is 0 Å². The molecule has 0 spiro atoms. The molecule has 0 N–H and O–H groups in total. The molecule has 0 nitrogen and oxygen atoms in total. The van der Waals surface area contributed by atoms with E-state index in [-0.39, 0.29) is 0 Å². The van der Waals surface area contributed by atoms with Crippen LogP contribution in [0, 0.1) is 18.3 Å². The molecule has 0 heteroatoms. The summed E-state index contributed by atoms with van der Waals surface area (Å²) in [6.07, 6.45) is 12.2. The first kappa shape index (κ1) is 14.0. The van der Waals surface area contributed by atoms with Gasteiger partial charge in [0.15, 0.2) is 0 Å². The van der Waals surface area contributed by atoms with Gasteiger partial charge in [0.1, 0.15) is 0 Å². The second kappa shape index (κ2) is 9.55. The molecule has 1 radical (unpaired) electrons. The van der Waals surface area contributed by atoms with Crippen LogP contribution in [-0.4, -0.2) is 0 Å². The molecule has 85 valence electrons. The van der Waals surface area contributed by atoms with Crippen molar-refractivity contribution < 1.29 is 0 Å². The van der Waals surface area contributed by atoms with E-state index < -0.39 is 0 Å². The van der Waals surface area contributed by atoms with Crippen LogP contribution < -0.4 is 0 Å². The van der Waals surface area contributed by atoms with Crippen LogP contribution >= 0.6 is 0 Å². The van der Waals surface area contributed by atoms with E-state index >= 15 is 0 Å². The van der Waals surface area contributed by atoms with Crippen molar-refractivity contribution in [1.82, 2.24) is 0 Å². The summed E-state index contributed by atoms with van der Waals surface area (Å²) < 4.78 is 0. The lowest BCUT2D eigenvalue weighted by molar-refractivity contribution is 0.465.